The van der Waals surface area contributed by atoms with Crippen molar-refractivity contribution in [3.05, 3.63) is 17.5 Å². The van der Waals surface area contributed by atoms with Crippen LogP contribution in [0.15, 0.2) is 6.20 Å². The minimum atomic E-state index is 0.182. The molecule has 1 aliphatic rings. The Balaban J connectivity index is 2.00. The van der Waals surface area contributed by atoms with Crippen molar-refractivity contribution >= 4 is 0 Å². The number of rotatable bonds is 4. The van der Waals surface area contributed by atoms with E-state index in [-0.39, 0.29) is 6.04 Å². The lowest BCUT2D eigenvalue weighted by molar-refractivity contribution is 0.319. The molecule has 0 saturated heterocycles. The van der Waals surface area contributed by atoms with E-state index in [0.29, 0.717) is 0 Å². The Morgan fingerprint density at radius 3 is 2.76 bits per heavy atom. The fourth-order valence-corrected chi connectivity index (χ4v) is 3.05. The van der Waals surface area contributed by atoms with E-state index < -0.39 is 0 Å². The molecule has 0 spiro atoms. The largest absolute Gasteiger partial charge is 0.324 e. The molecule has 17 heavy (non-hydrogen) atoms. The van der Waals surface area contributed by atoms with Gasteiger partial charge in [0, 0.05) is 24.8 Å². The highest BCUT2D eigenvalue weighted by molar-refractivity contribution is 5.21. The van der Waals surface area contributed by atoms with E-state index in [2.05, 4.69) is 18.2 Å². The number of hydrogen-bond acceptors (Lipinski definition) is 2. The third-order valence-corrected chi connectivity index (χ3v) is 3.98. The number of hydrogen-bond donors (Lipinski definition) is 1. The Morgan fingerprint density at radius 1 is 1.41 bits per heavy atom. The lowest BCUT2D eigenvalue weighted by atomic mass is 9.83. The van der Waals surface area contributed by atoms with Gasteiger partial charge >= 0.3 is 0 Å². The van der Waals surface area contributed by atoms with Gasteiger partial charge in [-0.25, -0.2) is 0 Å². The normalized spacial score (nSPS) is 19.5. The SMILES string of the molecule is CCc1nn(C)cc1C(N)CC1CCCCC1. The Kier molecular flexibility index (Phi) is 4.21. The molecule has 2 rings (SSSR count). The van der Waals surface area contributed by atoms with Gasteiger partial charge in [-0.2, -0.15) is 5.10 Å². The van der Waals surface area contributed by atoms with E-state index >= 15 is 0 Å². The second-order valence-corrected chi connectivity index (χ2v) is 5.40. The van der Waals surface area contributed by atoms with Crippen molar-refractivity contribution in [2.75, 3.05) is 0 Å². The topological polar surface area (TPSA) is 43.8 Å². The first-order valence-corrected chi connectivity index (χ1v) is 6.98. The van der Waals surface area contributed by atoms with Crippen molar-refractivity contribution in [1.82, 2.24) is 9.78 Å². The average molecular weight is 235 g/mol. The quantitative estimate of drug-likeness (QED) is 0.872. The lowest BCUT2D eigenvalue weighted by Gasteiger charge is -2.24. The number of aryl methyl sites for hydroxylation is 2. The second kappa shape index (κ2) is 5.67. The molecule has 0 amide bonds. The van der Waals surface area contributed by atoms with Crippen LogP contribution in [-0.4, -0.2) is 9.78 Å². The summed E-state index contributed by atoms with van der Waals surface area (Å²) in [6.07, 6.45) is 11.2. The Morgan fingerprint density at radius 2 is 2.12 bits per heavy atom. The molecule has 1 unspecified atom stereocenters. The summed E-state index contributed by atoms with van der Waals surface area (Å²) in [5, 5.41) is 4.48. The van der Waals surface area contributed by atoms with Gasteiger partial charge in [0.1, 0.15) is 0 Å². The van der Waals surface area contributed by atoms with E-state index in [0.717, 1.165) is 18.8 Å². The molecule has 3 nitrogen and oxygen atoms in total. The number of aromatic nitrogens is 2. The minimum absolute atomic E-state index is 0.182. The van der Waals surface area contributed by atoms with E-state index in [1.807, 2.05) is 11.7 Å². The monoisotopic (exact) mass is 235 g/mol. The number of nitrogens with two attached hydrogens (primary N) is 1. The van der Waals surface area contributed by atoms with E-state index in [9.17, 15) is 0 Å². The summed E-state index contributed by atoms with van der Waals surface area (Å²) in [6.45, 7) is 2.15. The summed E-state index contributed by atoms with van der Waals surface area (Å²) in [7, 11) is 1.98. The van der Waals surface area contributed by atoms with Crippen LogP contribution in [0.1, 0.15) is 62.7 Å². The maximum Gasteiger partial charge on any atom is 0.0669 e. The van der Waals surface area contributed by atoms with Crippen molar-refractivity contribution in [2.24, 2.45) is 18.7 Å². The lowest BCUT2D eigenvalue weighted by Crippen LogP contribution is -2.18. The molecule has 1 heterocycles. The zero-order valence-corrected chi connectivity index (χ0v) is 11.2. The van der Waals surface area contributed by atoms with Crippen LogP contribution in [0.4, 0.5) is 0 Å². The fourth-order valence-electron chi connectivity index (χ4n) is 3.05. The van der Waals surface area contributed by atoms with Crippen molar-refractivity contribution in [3.63, 3.8) is 0 Å². The van der Waals surface area contributed by atoms with Gasteiger partial charge in [0.2, 0.25) is 0 Å². The van der Waals surface area contributed by atoms with Crippen LogP contribution in [0.25, 0.3) is 0 Å². The molecular formula is C14H25N3. The van der Waals surface area contributed by atoms with E-state index in [1.165, 1.54) is 43.4 Å². The maximum atomic E-state index is 6.36. The zero-order valence-electron chi connectivity index (χ0n) is 11.2. The molecule has 1 aromatic rings. The van der Waals surface area contributed by atoms with E-state index in [1.54, 1.807) is 0 Å². The van der Waals surface area contributed by atoms with E-state index in [4.69, 9.17) is 5.73 Å². The van der Waals surface area contributed by atoms with Gasteiger partial charge in [-0.3, -0.25) is 4.68 Å². The Bertz CT molecular complexity index is 350. The van der Waals surface area contributed by atoms with Gasteiger partial charge in [-0.1, -0.05) is 39.0 Å². The van der Waals surface area contributed by atoms with Crippen LogP contribution in [0.3, 0.4) is 0 Å². The Hall–Kier alpha value is -0.830. The predicted molar refractivity (Wildman–Crippen MR) is 70.7 cm³/mol. The molecule has 0 radical (unpaired) electrons. The van der Waals surface area contributed by atoms with Gasteiger partial charge in [-0.05, 0) is 18.8 Å². The summed E-state index contributed by atoms with van der Waals surface area (Å²) >= 11 is 0. The number of nitrogens with zero attached hydrogens (tertiary/aromatic N) is 2. The first kappa shape index (κ1) is 12.6. The highest BCUT2D eigenvalue weighted by Crippen LogP contribution is 2.31. The van der Waals surface area contributed by atoms with Crippen LogP contribution < -0.4 is 5.73 Å². The molecule has 2 N–H and O–H groups in total. The molecule has 1 aliphatic carbocycles. The smallest absolute Gasteiger partial charge is 0.0669 e. The standard InChI is InChI=1S/C14H25N3/c1-3-14-12(10-17(2)16-14)13(15)9-11-7-5-4-6-8-11/h10-11,13H,3-9,15H2,1-2H3. The zero-order chi connectivity index (χ0) is 12.3. The highest BCUT2D eigenvalue weighted by atomic mass is 15.3. The van der Waals surface area contributed by atoms with Gasteiger partial charge < -0.3 is 5.73 Å². The van der Waals surface area contributed by atoms with Crippen LogP contribution >= 0.6 is 0 Å². The molecule has 1 saturated carbocycles. The fraction of sp³-hybridized carbons (Fsp3) is 0.786. The van der Waals surface area contributed by atoms with Crippen molar-refractivity contribution in [3.8, 4) is 0 Å². The summed E-state index contributed by atoms with van der Waals surface area (Å²) < 4.78 is 1.90. The Labute approximate surface area is 104 Å². The van der Waals surface area contributed by atoms with Crippen molar-refractivity contribution < 1.29 is 0 Å². The molecule has 1 aromatic heterocycles. The molecule has 3 heteroatoms. The van der Waals surface area contributed by atoms with Crippen LogP contribution in [-0.2, 0) is 13.5 Å². The third-order valence-electron chi connectivity index (χ3n) is 3.98. The second-order valence-electron chi connectivity index (χ2n) is 5.40. The maximum absolute atomic E-state index is 6.36. The minimum Gasteiger partial charge on any atom is -0.324 e. The summed E-state index contributed by atoms with van der Waals surface area (Å²) in [4.78, 5) is 0. The van der Waals surface area contributed by atoms with Crippen LogP contribution in [0.5, 0.6) is 0 Å². The van der Waals surface area contributed by atoms with Gasteiger partial charge in [0.15, 0.2) is 0 Å². The van der Waals surface area contributed by atoms with Crippen LogP contribution in [0.2, 0.25) is 0 Å². The molecule has 1 fully saturated rings. The molecular weight excluding hydrogens is 210 g/mol. The molecule has 0 bridgehead atoms. The third kappa shape index (κ3) is 3.09. The summed E-state index contributed by atoms with van der Waals surface area (Å²) in [5.74, 6) is 0.837. The van der Waals surface area contributed by atoms with Crippen molar-refractivity contribution in [2.45, 2.75) is 57.9 Å². The first-order valence-electron chi connectivity index (χ1n) is 6.98. The molecule has 0 aliphatic heterocycles. The average Bonchev–Trinajstić information content (AvgIpc) is 2.72. The predicted octanol–water partition coefficient (Wildman–Crippen LogP) is 2.95. The summed E-state index contributed by atoms with van der Waals surface area (Å²) in [5.41, 5.74) is 8.80. The molecule has 0 aromatic carbocycles. The van der Waals surface area contributed by atoms with Gasteiger partial charge in [-0.15, -0.1) is 0 Å². The van der Waals surface area contributed by atoms with Crippen molar-refractivity contribution in [1.29, 1.82) is 0 Å². The first-order chi connectivity index (χ1) is 8.20. The summed E-state index contributed by atoms with van der Waals surface area (Å²) in [6, 6.07) is 0.182. The molecule has 1 atom stereocenters. The van der Waals surface area contributed by atoms with Gasteiger partial charge in [0.25, 0.3) is 0 Å². The van der Waals surface area contributed by atoms with Gasteiger partial charge in [0.05, 0.1) is 5.69 Å². The molecule has 96 valence electrons. The van der Waals surface area contributed by atoms with Crippen LogP contribution in [0, 0.1) is 5.92 Å². The highest BCUT2D eigenvalue weighted by Gasteiger charge is 2.20.